The Kier molecular flexibility index (Phi) is 6.56. The predicted octanol–water partition coefficient (Wildman–Crippen LogP) is 5.84. The average molecular weight is 422 g/mol. The summed E-state index contributed by atoms with van der Waals surface area (Å²) in [6.07, 6.45) is 7.53. The minimum absolute atomic E-state index is 0.377. The molecule has 0 bridgehead atoms. The van der Waals surface area contributed by atoms with Crippen molar-refractivity contribution in [1.82, 2.24) is 9.55 Å². The van der Waals surface area contributed by atoms with Gasteiger partial charge >= 0.3 is 5.97 Å². The van der Waals surface area contributed by atoms with Gasteiger partial charge in [-0.15, -0.1) is 0 Å². The van der Waals surface area contributed by atoms with Gasteiger partial charge in [0, 0.05) is 39.1 Å². The maximum absolute atomic E-state index is 12.3. The molecule has 0 fully saturated rings. The number of carbonyl (C=O) groups is 1. The van der Waals surface area contributed by atoms with Crippen LogP contribution >= 0.6 is 34.8 Å². The maximum Gasteiger partial charge on any atom is 0.331 e. The van der Waals surface area contributed by atoms with Crippen molar-refractivity contribution in [1.29, 1.82) is 0 Å². The third kappa shape index (κ3) is 5.60. The number of rotatable bonds is 6. The highest BCUT2D eigenvalue weighted by molar-refractivity contribution is 6.35. The zero-order chi connectivity index (χ0) is 19.2. The third-order valence-electron chi connectivity index (χ3n) is 3.79. The lowest BCUT2D eigenvalue weighted by atomic mass is 10.1. The Labute approximate surface area is 172 Å². The van der Waals surface area contributed by atoms with Gasteiger partial charge in [0.2, 0.25) is 0 Å². The van der Waals surface area contributed by atoms with Crippen LogP contribution in [0.3, 0.4) is 0 Å². The minimum atomic E-state index is -0.591. The van der Waals surface area contributed by atoms with Crippen LogP contribution in [0.1, 0.15) is 17.2 Å². The number of nitrogens with zero attached hydrogens (tertiary/aromatic N) is 2. The highest BCUT2D eigenvalue weighted by atomic mass is 35.5. The molecule has 1 heterocycles. The number of hydrogen-bond donors (Lipinski definition) is 0. The first-order valence-corrected chi connectivity index (χ1v) is 9.19. The second-order valence-corrected chi connectivity index (χ2v) is 7.02. The molecule has 0 aliphatic rings. The number of ether oxygens (including phenoxy) is 1. The summed E-state index contributed by atoms with van der Waals surface area (Å²) in [7, 11) is 0. The second-order valence-electron chi connectivity index (χ2n) is 5.74. The molecule has 2 aromatic carbocycles. The van der Waals surface area contributed by atoms with Crippen LogP contribution in [-0.4, -0.2) is 15.5 Å². The molecule has 0 N–H and O–H groups in total. The predicted molar refractivity (Wildman–Crippen MR) is 108 cm³/mol. The first-order chi connectivity index (χ1) is 13.0. The Morgan fingerprint density at radius 3 is 2.52 bits per heavy atom. The third-order valence-corrected chi connectivity index (χ3v) is 4.60. The topological polar surface area (TPSA) is 44.1 Å². The van der Waals surface area contributed by atoms with Gasteiger partial charge in [-0.05, 0) is 35.9 Å². The van der Waals surface area contributed by atoms with E-state index in [0.29, 0.717) is 27.2 Å². The van der Waals surface area contributed by atoms with Crippen LogP contribution in [0.4, 0.5) is 0 Å². The van der Waals surface area contributed by atoms with Crippen LogP contribution in [0.15, 0.2) is 67.3 Å². The summed E-state index contributed by atoms with van der Waals surface area (Å²) in [5.74, 6) is -0.485. The minimum Gasteiger partial charge on any atom is -0.452 e. The van der Waals surface area contributed by atoms with Crippen LogP contribution in [0.5, 0.6) is 0 Å². The second kappa shape index (κ2) is 9.09. The Morgan fingerprint density at radius 1 is 1.11 bits per heavy atom. The molecule has 7 heteroatoms. The average Bonchev–Trinajstić information content (AvgIpc) is 3.14. The highest BCUT2D eigenvalue weighted by Gasteiger charge is 2.19. The molecule has 0 saturated heterocycles. The SMILES string of the molecule is O=C(/C=C/c1ccc(Cl)cc1)OC(Cn1ccnc1)c1ccc(Cl)cc1Cl. The summed E-state index contributed by atoms with van der Waals surface area (Å²) >= 11 is 18.1. The van der Waals surface area contributed by atoms with E-state index in [4.69, 9.17) is 39.5 Å². The molecule has 0 aliphatic heterocycles. The van der Waals surface area contributed by atoms with E-state index in [1.165, 1.54) is 6.08 Å². The summed E-state index contributed by atoms with van der Waals surface area (Å²) in [4.78, 5) is 16.4. The van der Waals surface area contributed by atoms with Crippen molar-refractivity contribution in [2.45, 2.75) is 12.6 Å². The summed E-state index contributed by atoms with van der Waals surface area (Å²) in [5.41, 5.74) is 1.51. The molecule has 0 aliphatic carbocycles. The van der Waals surface area contributed by atoms with Gasteiger partial charge in [-0.1, -0.05) is 53.0 Å². The van der Waals surface area contributed by atoms with Gasteiger partial charge in [0.15, 0.2) is 0 Å². The fourth-order valence-electron chi connectivity index (χ4n) is 2.47. The molecule has 1 aromatic heterocycles. The van der Waals surface area contributed by atoms with Crippen LogP contribution in [0.2, 0.25) is 15.1 Å². The Morgan fingerprint density at radius 2 is 1.85 bits per heavy atom. The van der Waals surface area contributed by atoms with Crippen molar-refractivity contribution in [2.75, 3.05) is 0 Å². The van der Waals surface area contributed by atoms with Crippen LogP contribution in [0.25, 0.3) is 6.08 Å². The number of benzene rings is 2. The van der Waals surface area contributed by atoms with Crippen molar-refractivity contribution in [3.8, 4) is 0 Å². The van der Waals surface area contributed by atoms with E-state index < -0.39 is 12.1 Å². The van der Waals surface area contributed by atoms with E-state index in [0.717, 1.165) is 5.56 Å². The molecule has 1 unspecified atom stereocenters. The molecule has 3 aromatic rings. The largest absolute Gasteiger partial charge is 0.452 e. The van der Waals surface area contributed by atoms with Crippen molar-refractivity contribution >= 4 is 46.8 Å². The Hall–Kier alpha value is -2.27. The van der Waals surface area contributed by atoms with E-state index in [1.54, 1.807) is 55.1 Å². The lowest BCUT2D eigenvalue weighted by Gasteiger charge is -2.19. The molecule has 3 rings (SSSR count). The molecular weight excluding hydrogens is 407 g/mol. The number of esters is 1. The first-order valence-electron chi connectivity index (χ1n) is 8.06. The lowest BCUT2D eigenvalue weighted by Crippen LogP contribution is -2.15. The standard InChI is InChI=1S/C20H15Cl3N2O2/c21-15-4-1-14(2-5-15)3-8-20(26)27-19(12-25-10-9-24-13-25)17-7-6-16(22)11-18(17)23/h1-11,13,19H,12H2/b8-3+. The van der Waals surface area contributed by atoms with Crippen LogP contribution < -0.4 is 0 Å². The molecule has 0 spiro atoms. The lowest BCUT2D eigenvalue weighted by molar-refractivity contribution is -0.144. The quantitative estimate of drug-likeness (QED) is 0.371. The number of hydrogen-bond acceptors (Lipinski definition) is 3. The molecular formula is C20H15Cl3N2O2. The van der Waals surface area contributed by atoms with E-state index in [-0.39, 0.29) is 0 Å². The summed E-state index contributed by atoms with van der Waals surface area (Å²) in [5, 5.41) is 1.58. The number of imidazole rings is 1. The summed E-state index contributed by atoms with van der Waals surface area (Å²) < 4.78 is 7.46. The number of halogens is 3. The van der Waals surface area contributed by atoms with E-state index in [9.17, 15) is 4.79 Å². The van der Waals surface area contributed by atoms with E-state index in [2.05, 4.69) is 4.98 Å². The van der Waals surface area contributed by atoms with Gasteiger partial charge < -0.3 is 9.30 Å². The van der Waals surface area contributed by atoms with Crippen LogP contribution in [-0.2, 0) is 16.1 Å². The van der Waals surface area contributed by atoms with Crippen LogP contribution in [0, 0.1) is 0 Å². The zero-order valence-corrected chi connectivity index (χ0v) is 16.3. The van der Waals surface area contributed by atoms with Gasteiger partial charge in [-0.25, -0.2) is 9.78 Å². The fraction of sp³-hybridized carbons (Fsp3) is 0.100. The molecule has 27 heavy (non-hydrogen) atoms. The van der Waals surface area contributed by atoms with Crippen molar-refractivity contribution in [3.05, 3.63) is 93.5 Å². The van der Waals surface area contributed by atoms with Gasteiger partial charge in [0.1, 0.15) is 6.10 Å². The van der Waals surface area contributed by atoms with E-state index >= 15 is 0 Å². The number of carbonyl (C=O) groups excluding carboxylic acids is 1. The van der Waals surface area contributed by atoms with Gasteiger partial charge in [0.25, 0.3) is 0 Å². The van der Waals surface area contributed by atoms with Gasteiger partial charge in [-0.3, -0.25) is 0 Å². The monoisotopic (exact) mass is 420 g/mol. The molecule has 0 amide bonds. The highest BCUT2D eigenvalue weighted by Crippen LogP contribution is 2.30. The van der Waals surface area contributed by atoms with Crippen molar-refractivity contribution in [2.24, 2.45) is 0 Å². The Balaban J connectivity index is 1.77. The smallest absolute Gasteiger partial charge is 0.331 e. The van der Waals surface area contributed by atoms with Crippen molar-refractivity contribution in [3.63, 3.8) is 0 Å². The van der Waals surface area contributed by atoms with Gasteiger partial charge in [0.05, 0.1) is 12.9 Å². The summed E-state index contributed by atoms with van der Waals surface area (Å²) in [6.45, 7) is 0.377. The fourth-order valence-corrected chi connectivity index (χ4v) is 3.12. The molecule has 0 saturated carbocycles. The van der Waals surface area contributed by atoms with E-state index in [1.807, 2.05) is 16.7 Å². The zero-order valence-electron chi connectivity index (χ0n) is 14.1. The summed E-state index contributed by atoms with van der Waals surface area (Å²) in [6, 6.07) is 12.2. The first kappa shape index (κ1) is 19.5. The maximum atomic E-state index is 12.3. The van der Waals surface area contributed by atoms with Gasteiger partial charge in [-0.2, -0.15) is 0 Å². The molecule has 138 valence electrons. The molecule has 0 radical (unpaired) electrons. The molecule has 1 atom stereocenters. The normalized spacial score (nSPS) is 12.3. The number of aromatic nitrogens is 2. The van der Waals surface area contributed by atoms with Crippen molar-refractivity contribution < 1.29 is 9.53 Å². The molecule has 4 nitrogen and oxygen atoms in total. The Bertz CT molecular complexity index is 938.